The van der Waals surface area contributed by atoms with Gasteiger partial charge in [-0.25, -0.2) is 8.42 Å². The SMILES string of the molecule is Cc1ccc(O)c(-[n+]2ccccc2)c1S(=O)(=O)[O-]. The average Bonchev–Trinajstić information content (AvgIpc) is 2.31. The zero-order chi connectivity index (χ0) is 13.3. The molecule has 94 valence electrons. The van der Waals surface area contributed by atoms with Crippen LogP contribution in [0.1, 0.15) is 5.56 Å². The van der Waals surface area contributed by atoms with E-state index in [4.69, 9.17) is 0 Å². The normalized spacial score (nSPS) is 11.4. The van der Waals surface area contributed by atoms with Crippen molar-refractivity contribution < 1.29 is 22.6 Å². The first-order valence-corrected chi connectivity index (χ1v) is 6.57. The number of benzene rings is 1. The van der Waals surface area contributed by atoms with Crippen LogP contribution in [0.2, 0.25) is 0 Å². The van der Waals surface area contributed by atoms with Crippen molar-refractivity contribution in [3.8, 4) is 11.4 Å². The van der Waals surface area contributed by atoms with Gasteiger partial charge in [0.2, 0.25) is 0 Å². The van der Waals surface area contributed by atoms with Gasteiger partial charge in [-0.05, 0) is 18.6 Å². The van der Waals surface area contributed by atoms with Crippen LogP contribution in [0.4, 0.5) is 0 Å². The summed E-state index contributed by atoms with van der Waals surface area (Å²) in [5, 5.41) is 9.81. The molecule has 1 N–H and O–H groups in total. The minimum Gasteiger partial charge on any atom is -0.744 e. The lowest BCUT2D eigenvalue weighted by Crippen LogP contribution is -2.32. The van der Waals surface area contributed by atoms with E-state index >= 15 is 0 Å². The van der Waals surface area contributed by atoms with Gasteiger partial charge in [0.05, 0.1) is 0 Å². The lowest BCUT2D eigenvalue weighted by molar-refractivity contribution is -0.598. The monoisotopic (exact) mass is 265 g/mol. The summed E-state index contributed by atoms with van der Waals surface area (Å²) in [6.07, 6.45) is 3.12. The molecule has 0 unspecified atom stereocenters. The van der Waals surface area contributed by atoms with E-state index in [2.05, 4.69) is 0 Å². The molecule has 0 aliphatic rings. The minimum absolute atomic E-state index is 0.0226. The van der Waals surface area contributed by atoms with Gasteiger partial charge in [-0.15, -0.1) is 0 Å². The third-order valence-corrected chi connectivity index (χ3v) is 3.55. The highest BCUT2D eigenvalue weighted by Crippen LogP contribution is 2.28. The molecule has 2 rings (SSSR count). The summed E-state index contributed by atoms with van der Waals surface area (Å²) in [5.74, 6) is -0.258. The molecule has 0 aliphatic carbocycles. The number of rotatable bonds is 2. The van der Waals surface area contributed by atoms with Crippen molar-refractivity contribution in [2.75, 3.05) is 0 Å². The van der Waals surface area contributed by atoms with Crippen molar-refractivity contribution in [1.29, 1.82) is 0 Å². The summed E-state index contributed by atoms with van der Waals surface area (Å²) < 4.78 is 35.4. The van der Waals surface area contributed by atoms with Crippen LogP contribution in [0, 0.1) is 6.92 Å². The quantitative estimate of drug-likeness (QED) is 0.645. The number of nitrogens with zero attached hydrogens (tertiary/aromatic N) is 1. The fourth-order valence-electron chi connectivity index (χ4n) is 1.77. The van der Waals surface area contributed by atoms with Crippen molar-refractivity contribution >= 4 is 10.1 Å². The Labute approximate surface area is 105 Å². The third kappa shape index (κ3) is 2.20. The van der Waals surface area contributed by atoms with Gasteiger partial charge >= 0.3 is 0 Å². The molecule has 1 aromatic carbocycles. The Morgan fingerprint density at radius 3 is 2.33 bits per heavy atom. The maximum Gasteiger partial charge on any atom is 0.270 e. The van der Waals surface area contributed by atoms with Gasteiger partial charge in [0, 0.05) is 12.1 Å². The molecule has 0 bridgehead atoms. The van der Waals surface area contributed by atoms with E-state index in [1.165, 1.54) is 23.6 Å². The highest BCUT2D eigenvalue weighted by atomic mass is 32.2. The van der Waals surface area contributed by atoms with E-state index in [0.717, 1.165) is 0 Å². The van der Waals surface area contributed by atoms with E-state index in [9.17, 15) is 18.1 Å². The summed E-state index contributed by atoms with van der Waals surface area (Å²) in [5.41, 5.74) is 0.278. The van der Waals surface area contributed by atoms with Gasteiger partial charge < -0.3 is 9.66 Å². The van der Waals surface area contributed by atoms with E-state index in [0.29, 0.717) is 5.56 Å². The fourth-order valence-corrected chi connectivity index (χ4v) is 2.68. The van der Waals surface area contributed by atoms with Crippen molar-refractivity contribution in [3.63, 3.8) is 0 Å². The number of aromatic hydroxyl groups is 1. The standard InChI is InChI=1S/C12H11NO4S/c1-9-5-6-10(14)11(12(9)18(15,16)17)13-7-3-2-4-8-13/h2-8H,1H3,(H-,14,15,16,17). The smallest absolute Gasteiger partial charge is 0.270 e. The molecule has 0 radical (unpaired) electrons. The summed E-state index contributed by atoms with van der Waals surface area (Å²) in [7, 11) is -4.67. The van der Waals surface area contributed by atoms with Gasteiger partial charge in [-0.1, -0.05) is 12.1 Å². The van der Waals surface area contributed by atoms with Crippen LogP contribution in [0.25, 0.3) is 5.69 Å². The van der Waals surface area contributed by atoms with Crippen LogP contribution in [0.5, 0.6) is 5.75 Å². The number of hydrogen-bond acceptors (Lipinski definition) is 4. The molecule has 18 heavy (non-hydrogen) atoms. The molecule has 0 saturated carbocycles. The van der Waals surface area contributed by atoms with Crippen LogP contribution < -0.4 is 4.57 Å². The number of aromatic nitrogens is 1. The molecule has 0 amide bonds. The Bertz CT molecular complexity index is 681. The maximum absolute atomic E-state index is 11.3. The molecule has 6 heteroatoms. The molecule has 0 fully saturated rings. The Hall–Kier alpha value is -1.92. The van der Waals surface area contributed by atoms with Gasteiger partial charge in [0.1, 0.15) is 15.0 Å². The van der Waals surface area contributed by atoms with Crippen LogP contribution in [-0.2, 0) is 10.1 Å². The molecule has 1 heterocycles. The lowest BCUT2D eigenvalue weighted by Gasteiger charge is -2.12. The van der Waals surface area contributed by atoms with Crippen LogP contribution in [0.15, 0.2) is 47.6 Å². The molecule has 0 aliphatic heterocycles. The van der Waals surface area contributed by atoms with Gasteiger partial charge in [-0.3, -0.25) is 0 Å². The molecular formula is C12H11NO4S. The Kier molecular flexibility index (Phi) is 3.06. The third-order valence-electron chi connectivity index (χ3n) is 2.53. The van der Waals surface area contributed by atoms with Crippen LogP contribution >= 0.6 is 0 Å². The molecule has 0 saturated heterocycles. The second kappa shape index (κ2) is 4.40. The Morgan fingerprint density at radius 1 is 1.17 bits per heavy atom. The highest BCUT2D eigenvalue weighted by Gasteiger charge is 2.24. The molecule has 5 nitrogen and oxygen atoms in total. The number of pyridine rings is 1. The minimum atomic E-state index is -4.67. The van der Waals surface area contributed by atoms with Crippen LogP contribution in [0.3, 0.4) is 0 Å². The first-order valence-electron chi connectivity index (χ1n) is 5.16. The van der Waals surface area contributed by atoms with Crippen molar-refractivity contribution in [2.45, 2.75) is 11.8 Å². The maximum atomic E-state index is 11.3. The summed E-state index contributed by atoms with van der Waals surface area (Å²) >= 11 is 0. The zero-order valence-corrected chi connectivity index (χ0v) is 10.4. The largest absolute Gasteiger partial charge is 0.744 e. The fraction of sp³-hybridized carbons (Fsp3) is 0.0833. The van der Waals surface area contributed by atoms with Crippen LogP contribution in [-0.4, -0.2) is 18.1 Å². The number of aryl methyl sites for hydroxylation is 1. The summed E-state index contributed by atoms with van der Waals surface area (Å²) in [6.45, 7) is 1.51. The predicted molar refractivity (Wildman–Crippen MR) is 62.3 cm³/mol. The van der Waals surface area contributed by atoms with Crippen molar-refractivity contribution in [3.05, 3.63) is 48.3 Å². The van der Waals surface area contributed by atoms with E-state index in [1.54, 1.807) is 30.6 Å². The highest BCUT2D eigenvalue weighted by molar-refractivity contribution is 7.86. The number of phenols is 1. The predicted octanol–water partition coefficient (Wildman–Crippen LogP) is 0.881. The summed E-state index contributed by atoms with van der Waals surface area (Å²) in [4.78, 5) is -0.404. The number of hydrogen-bond donors (Lipinski definition) is 1. The molecule has 0 atom stereocenters. The first-order chi connectivity index (χ1) is 8.41. The van der Waals surface area contributed by atoms with Gasteiger partial charge in [0.25, 0.3) is 5.69 Å². The second-order valence-electron chi connectivity index (χ2n) is 3.82. The van der Waals surface area contributed by atoms with Crippen molar-refractivity contribution in [1.82, 2.24) is 0 Å². The summed E-state index contributed by atoms with van der Waals surface area (Å²) in [6, 6.07) is 7.84. The molecule has 0 spiro atoms. The second-order valence-corrected chi connectivity index (χ2v) is 5.13. The van der Waals surface area contributed by atoms with E-state index in [-0.39, 0.29) is 11.4 Å². The lowest BCUT2D eigenvalue weighted by atomic mass is 10.2. The Morgan fingerprint density at radius 2 is 1.78 bits per heavy atom. The van der Waals surface area contributed by atoms with E-state index in [1.807, 2.05) is 0 Å². The Balaban J connectivity index is 2.86. The average molecular weight is 265 g/mol. The molecular weight excluding hydrogens is 254 g/mol. The molecule has 2 aromatic rings. The first kappa shape index (κ1) is 12.5. The van der Waals surface area contributed by atoms with E-state index < -0.39 is 15.0 Å². The molecule has 1 aromatic heterocycles. The van der Waals surface area contributed by atoms with Gasteiger partial charge in [-0.2, -0.15) is 4.57 Å². The van der Waals surface area contributed by atoms with Crippen molar-refractivity contribution in [2.24, 2.45) is 0 Å². The zero-order valence-electron chi connectivity index (χ0n) is 9.57. The number of phenolic OH excluding ortho intramolecular Hbond substituents is 1. The topological polar surface area (TPSA) is 81.3 Å². The van der Waals surface area contributed by atoms with Gasteiger partial charge in [0.15, 0.2) is 18.1 Å².